The van der Waals surface area contributed by atoms with Gasteiger partial charge in [0.15, 0.2) is 11.5 Å². The largest absolute Gasteiger partial charge is 0.497 e. The molecule has 6 nitrogen and oxygen atoms in total. The molecule has 2 heterocycles. The molecule has 3 aromatic rings. The third kappa shape index (κ3) is 3.34. The molecule has 158 valence electrons. The Morgan fingerprint density at radius 1 is 0.871 bits per heavy atom. The lowest BCUT2D eigenvalue weighted by molar-refractivity contribution is -0.0210. The molecule has 2 aliphatic rings. The number of fused-ring (bicyclic) bond motifs is 3. The Morgan fingerprint density at radius 2 is 1.65 bits per heavy atom. The van der Waals surface area contributed by atoms with Crippen LogP contribution < -0.4 is 18.9 Å². The molecule has 0 bridgehead atoms. The van der Waals surface area contributed by atoms with Crippen LogP contribution >= 0.6 is 0 Å². The van der Waals surface area contributed by atoms with Crippen molar-refractivity contribution in [3.8, 4) is 23.0 Å². The monoisotopic (exact) mass is 416 g/mol. The Hall–Kier alpha value is -3.67. The van der Waals surface area contributed by atoms with E-state index < -0.39 is 0 Å². The second kappa shape index (κ2) is 7.87. The standard InChI is InChI=1S/C25H24N2O4/c1-28-18-12-10-16(11-13-18)21-15-22-20-8-5-9-23(30-3)24(20)31-25(27(22)26-21)17-6-4-7-19(14-17)29-2/h4-14,22,25H,15H2,1-3H3. The minimum absolute atomic E-state index is 0.0483. The highest BCUT2D eigenvalue weighted by Crippen LogP contribution is 2.50. The van der Waals surface area contributed by atoms with Gasteiger partial charge in [0.2, 0.25) is 6.23 Å². The van der Waals surface area contributed by atoms with Crippen molar-refractivity contribution >= 4 is 5.71 Å². The molecular weight excluding hydrogens is 392 g/mol. The summed E-state index contributed by atoms with van der Waals surface area (Å²) >= 11 is 0. The smallest absolute Gasteiger partial charge is 0.214 e. The number of nitrogens with zero attached hydrogens (tertiary/aromatic N) is 2. The number of hydrogen-bond acceptors (Lipinski definition) is 6. The van der Waals surface area contributed by atoms with Crippen LogP contribution in [-0.2, 0) is 0 Å². The van der Waals surface area contributed by atoms with E-state index in [1.54, 1.807) is 21.3 Å². The van der Waals surface area contributed by atoms with E-state index in [1.807, 2.05) is 60.7 Å². The van der Waals surface area contributed by atoms with Gasteiger partial charge in [0.05, 0.1) is 33.1 Å². The van der Waals surface area contributed by atoms with Crippen molar-refractivity contribution in [1.82, 2.24) is 5.01 Å². The zero-order valence-electron chi connectivity index (χ0n) is 17.7. The summed E-state index contributed by atoms with van der Waals surface area (Å²) in [4.78, 5) is 0. The highest BCUT2D eigenvalue weighted by molar-refractivity contribution is 6.02. The van der Waals surface area contributed by atoms with Crippen molar-refractivity contribution in [2.45, 2.75) is 18.7 Å². The van der Waals surface area contributed by atoms with Crippen LogP contribution in [0.15, 0.2) is 71.8 Å². The van der Waals surface area contributed by atoms with Gasteiger partial charge in [0, 0.05) is 17.5 Å². The molecule has 2 atom stereocenters. The van der Waals surface area contributed by atoms with E-state index in [-0.39, 0.29) is 12.3 Å². The number of hydrazone groups is 1. The first kappa shape index (κ1) is 19.3. The summed E-state index contributed by atoms with van der Waals surface area (Å²) in [5, 5.41) is 7.06. The average Bonchev–Trinajstić information content (AvgIpc) is 3.29. The number of hydrogen-bond donors (Lipinski definition) is 0. The third-order valence-electron chi connectivity index (χ3n) is 5.80. The molecule has 0 amide bonds. The Labute approximate surface area is 181 Å². The van der Waals surface area contributed by atoms with E-state index in [9.17, 15) is 0 Å². The van der Waals surface area contributed by atoms with Gasteiger partial charge < -0.3 is 18.9 Å². The van der Waals surface area contributed by atoms with Gasteiger partial charge in [-0.1, -0.05) is 24.3 Å². The van der Waals surface area contributed by atoms with Crippen molar-refractivity contribution in [2.75, 3.05) is 21.3 Å². The van der Waals surface area contributed by atoms with Crippen LogP contribution in [-0.4, -0.2) is 32.0 Å². The van der Waals surface area contributed by atoms with Crippen molar-refractivity contribution in [3.63, 3.8) is 0 Å². The molecular formula is C25H24N2O4. The van der Waals surface area contributed by atoms with E-state index in [1.165, 1.54) is 0 Å². The van der Waals surface area contributed by atoms with E-state index in [4.69, 9.17) is 24.0 Å². The predicted octanol–water partition coefficient (Wildman–Crippen LogP) is 4.95. The first-order chi connectivity index (χ1) is 15.2. The van der Waals surface area contributed by atoms with Crippen LogP contribution in [0.2, 0.25) is 0 Å². The van der Waals surface area contributed by atoms with Crippen LogP contribution in [0.5, 0.6) is 23.0 Å². The van der Waals surface area contributed by atoms with Gasteiger partial charge in [-0.3, -0.25) is 0 Å². The fraction of sp³-hybridized carbons (Fsp3) is 0.240. The van der Waals surface area contributed by atoms with Crippen molar-refractivity contribution in [3.05, 3.63) is 83.4 Å². The highest BCUT2D eigenvalue weighted by Gasteiger charge is 2.42. The van der Waals surface area contributed by atoms with Gasteiger partial charge in [-0.15, -0.1) is 0 Å². The van der Waals surface area contributed by atoms with E-state index in [2.05, 4.69) is 11.1 Å². The summed E-state index contributed by atoms with van der Waals surface area (Å²) in [5.41, 5.74) is 4.13. The quantitative estimate of drug-likeness (QED) is 0.589. The molecule has 6 heteroatoms. The Balaban J connectivity index is 1.59. The van der Waals surface area contributed by atoms with Crippen molar-refractivity contribution < 1.29 is 18.9 Å². The topological polar surface area (TPSA) is 52.5 Å². The second-order valence-corrected chi connectivity index (χ2v) is 7.50. The van der Waals surface area contributed by atoms with Gasteiger partial charge >= 0.3 is 0 Å². The van der Waals surface area contributed by atoms with Crippen LogP contribution in [0.25, 0.3) is 0 Å². The molecule has 0 spiro atoms. The van der Waals surface area contributed by atoms with Gasteiger partial charge in [-0.05, 0) is 48.0 Å². The maximum Gasteiger partial charge on any atom is 0.214 e. The van der Waals surface area contributed by atoms with E-state index in [0.29, 0.717) is 0 Å². The summed E-state index contributed by atoms with van der Waals surface area (Å²) in [5.74, 6) is 3.10. The second-order valence-electron chi connectivity index (χ2n) is 7.50. The van der Waals surface area contributed by atoms with Gasteiger partial charge in [-0.25, -0.2) is 5.01 Å². The summed E-state index contributed by atoms with van der Waals surface area (Å²) in [6, 6.07) is 22.0. The number of methoxy groups -OCH3 is 3. The Kier molecular flexibility index (Phi) is 4.90. The summed E-state index contributed by atoms with van der Waals surface area (Å²) in [6.45, 7) is 0. The lowest BCUT2D eigenvalue weighted by Gasteiger charge is -2.38. The average molecular weight is 416 g/mol. The normalized spacial score (nSPS) is 19.1. The molecule has 31 heavy (non-hydrogen) atoms. The van der Waals surface area contributed by atoms with Gasteiger partial charge in [-0.2, -0.15) is 5.10 Å². The fourth-order valence-electron chi connectivity index (χ4n) is 4.22. The third-order valence-corrected chi connectivity index (χ3v) is 5.80. The van der Waals surface area contributed by atoms with Crippen molar-refractivity contribution in [2.24, 2.45) is 5.10 Å². The molecule has 0 N–H and O–H groups in total. The Bertz CT molecular complexity index is 1130. The minimum Gasteiger partial charge on any atom is -0.497 e. The van der Waals surface area contributed by atoms with Crippen LogP contribution in [0.1, 0.15) is 35.4 Å². The minimum atomic E-state index is -0.389. The lowest BCUT2D eigenvalue weighted by atomic mass is 9.95. The maximum atomic E-state index is 6.49. The number of ether oxygens (including phenoxy) is 4. The molecule has 0 saturated carbocycles. The van der Waals surface area contributed by atoms with Gasteiger partial charge in [0.25, 0.3) is 0 Å². The molecule has 0 aliphatic carbocycles. The molecule has 2 aliphatic heterocycles. The predicted molar refractivity (Wildman–Crippen MR) is 118 cm³/mol. The van der Waals surface area contributed by atoms with Crippen LogP contribution in [0.4, 0.5) is 0 Å². The number of para-hydroxylation sites is 1. The first-order valence-corrected chi connectivity index (χ1v) is 10.2. The number of rotatable bonds is 5. The lowest BCUT2D eigenvalue weighted by Crippen LogP contribution is -2.33. The molecule has 0 aromatic heterocycles. The zero-order valence-corrected chi connectivity index (χ0v) is 17.7. The molecule has 0 radical (unpaired) electrons. The first-order valence-electron chi connectivity index (χ1n) is 10.2. The van der Waals surface area contributed by atoms with Gasteiger partial charge in [0.1, 0.15) is 11.5 Å². The molecule has 0 saturated heterocycles. The van der Waals surface area contributed by atoms with Crippen LogP contribution in [0.3, 0.4) is 0 Å². The molecule has 3 aromatic carbocycles. The molecule has 0 fully saturated rings. The molecule has 2 unspecified atom stereocenters. The van der Waals surface area contributed by atoms with Crippen LogP contribution in [0, 0.1) is 0 Å². The Morgan fingerprint density at radius 3 is 2.39 bits per heavy atom. The summed E-state index contributed by atoms with van der Waals surface area (Å²) in [6.07, 6.45) is 0.385. The van der Waals surface area contributed by atoms with E-state index >= 15 is 0 Å². The SMILES string of the molecule is COc1ccc(C2=NN3C(C2)c2cccc(OC)c2OC3c2cccc(OC)c2)cc1. The molecule has 5 rings (SSSR count). The van der Waals surface area contributed by atoms with Crippen molar-refractivity contribution in [1.29, 1.82) is 0 Å². The summed E-state index contributed by atoms with van der Waals surface area (Å²) < 4.78 is 22.8. The number of benzene rings is 3. The fourth-order valence-corrected chi connectivity index (χ4v) is 4.22. The summed E-state index contributed by atoms with van der Waals surface area (Å²) in [7, 11) is 5.00. The maximum absolute atomic E-state index is 6.49. The zero-order chi connectivity index (χ0) is 21.4. The van der Waals surface area contributed by atoms with E-state index in [0.717, 1.165) is 51.8 Å². The highest BCUT2D eigenvalue weighted by atomic mass is 16.5.